The van der Waals surface area contributed by atoms with Crippen molar-refractivity contribution in [1.82, 2.24) is 0 Å². The van der Waals surface area contributed by atoms with E-state index >= 15 is 0 Å². The highest BCUT2D eigenvalue weighted by Gasteiger charge is 2.35. The summed E-state index contributed by atoms with van der Waals surface area (Å²) in [7, 11) is 0. The molecule has 1 fully saturated rings. The topological polar surface area (TPSA) is 42.2 Å². The van der Waals surface area contributed by atoms with Gasteiger partial charge in [0.1, 0.15) is 0 Å². The number of rotatable bonds is 3. The Morgan fingerprint density at radius 1 is 1.14 bits per heavy atom. The molecule has 3 nitrogen and oxygen atoms in total. The summed E-state index contributed by atoms with van der Waals surface area (Å²) in [5.74, 6) is 0.459. The van der Waals surface area contributed by atoms with Crippen LogP contribution >= 0.6 is 0 Å². The lowest BCUT2D eigenvalue weighted by Crippen LogP contribution is -2.29. The molecule has 1 unspecified atom stereocenters. The molecule has 0 spiro atoms. The monoisotopic (exact) mass is 287 g/mol. The highest BCUT2D eigenvalue weighted by molar-refractivity contribution is 5.41. The first kappa shape index (κ1) is 16.0. The second kappa shape index (κ2) is 7.59. The summed E-state index contributed by atoms with van der Waals surface area (Å²) >= 11 is 0. The molecule has 1 aromatic carbocycles. The average Bonchev–Trinajstić information content (AvgIpc) is 2.66. The third-order valence-electron chi connectivity index (χ3n) is 4.55. The van der Waals surface area contributed by atoms with Gasteiger partial charge in [0, 0.05) is 13.2 Å². The minimum Gasteiger partial charge on any atom is -0.379 e. The molecule has 0 bridgehead atoms. The molecule has 21 heavy (non-hydrogen) atoms. The average molecular weight is 287 g/mol. The predicted octanol–water partition coefficient (Wildman–Crippen LogP) is 3.79. The lowest BCUT2D eigenvalue weighted by atomic mass is 9.72. The van der Waals surface area contributed by atoms with Crippen LogP contribution in [0.15, 0.2) is 24.3 Å². The Labute approximate surface area is 127 Å². The normalized spacial score (nSPS) is 20.6. The fourth-order valence-electron chi connectivity index (χ4n) is 2.96. The minimum absolute atomic E-state index is 0.459. The SMILES string of the molecule is CCC(C)c1ccccc1C1(C#N)CCOCCOCC1. The summed E-state index contributed by atoms with van der Waals surface area (Å²) in [6.45, 7) is 6.89. The van der Waals surface area contributed by atoms with Crippen molar-refractivity contribution in [3.8, 4) is 6.07 Å². The van der Waals surface area contributed by atoms with E-state index < -0.39 is 5.41 Å². The van der Waals surface area contributed by atoms with Gasteiger partial charge in [0.05, 0.1) is 24.7 Å². The van der Waals surface area contributed by atoms with Gasteiger partial charge in [-0.05, 0) is 36.3 Å². The van der Waals surface area contributed by atoms with Crippen LogP contribution in [-0.2, 0) is 14.9 Å². The second-order valence-corrected chi connectivity index (χ2v) is 5.82. The van der Waals surface area contributed by atoms with Crippen molar-refractivity contribution in [2.75, 3.05) is 26.4 Å². The molecule has 1 aromatic rings. The van der Waals surface area contributed by atoms with E-state index in [1.807, 2.05) is 6.07 Å². The standard InChI is InChI=1S/C18H25NO2/c1-3-15(2)16-6-4-5-7-17(16)18(14-19)8-10-20-12-13-21-11-9-18/h4-7,15H,3,8-13H2,1-2H3. The zero-order valence-electron chi connectivity index (χ0n) is 13.1. The minimum atomic E-state index is -0.496. The maximum absolute atomic E-state index is 9.92. The predicted molar refractivity (Wildman–Crippen MR) is 83.3 cm³/mol. The molecule has 1 heterocycles. The van der Waals surface area contributed by atoms with Gasteiger partial charge >= 0.3 is 0 Å². The fraction of sp³-hybridized carbons (Fsp3) is 0.611. The highest BCUT2D eigenvalue weighted by Crippen LogP contribution is 2.37. The number of ether oxygens (including phenoxy) is 2. The summed E-state index contributed by atoms with van der Waals surface area (Å²) in [5.41, 5.74) is 1.96. The summed E-state index contributed by atoms with van der Waals surface area (Å²) in [4.78, 5) is 0. The Morgan fingerprint density at radius 2 is 1.76 bits per heavy atom. The summed E-state index contributed by atoms with van der Waals surface area (Å²) in [5, 5.41) is 9.92. The molecule has 1 aliphatic rings. The zero-order chi connectivity index (χ0) is 15.1. The van der Waals surface area contributed by atoms with Crippen molar-refractivity contribution in [1.29, 1.82) is 5.26 Å². The molecule has 2 rings (SSSR count). The molecule has 0 amide bonds. The molecule has 3 heteroatoms. The van der Waals surface area contributed by atoms with Gasteiger partial charge in [-0.3, -0.25) is 0 Å². The lowest BCUT2D eigenvalue weighted by molar-refractivity contribution is 0.0584. The van der Waals surface area contributed by atoms with Crippen LogP contribution in [0.25, 0.3) is 0 Å². The van der Waals surface area contributed by atoms with Gasteiger partial charge in [-0.2, -0.15) is 5.26 Å². The number of nitrogens with zero attached hydrogens (tertiary/aromatic N) is 1. The second-order valence-electron chi connectivity index (χ2n) is 5.82. The van der Waals surface area contributed by atoms with Crippen LogP contribution in [0.4, 0.5) is 0 Å². The molecule has 0 aliphatic carbocycles. The molecule has 0 aromatic heterocycles. The van der Waals surface area contributed by atoms with Crippen LogP contribution in [0.5, 0.6) is 0 Å². The molecule has 0 N–H and O–H groups in total. The van der Waals surface area contributed by atoms with Crippen LogP contribution in [-0.4, -0.2) is 26.4 Å². The largest absolute Gasteiger partial charge is 0.379 e. The number of hydrogen-bond donors (Lipinski definition) is 0. The quantitative estimate of drug-likeness (QED) is 0.849. The Bertz CT molecular complexity index is 482. The van der Waals surface area contributed by atoms with Crippen molar-refractivity contribution in [2.45, 2.75) is 44.4 Å². The number of hydrogen-bond acceptors (Lipinski definition) is 3. The van der Waals surface area contributed by atoms with Crippen molar-refractivity contribution < 1.29 is 9.47 Å². The third-order valence-corrected chi connectivity index (χ3v) is 4.55. The van der Waals surface area contributed by atoms with Gasteiger partial charge in [0.15, 0.2) is 0 Å². The molecule has 1 atom stereocenters. The van der Waals surface area contributed by atoms with Crippen molar-refractivity contribution in [2.24, 2.45) is 0 Å². The Morgan fingerprint density at radius 3 is 2.33 bits per heavy atom. The van der Waals surface area contributed by atoms with Crippen LogP contribution in [0.2, 0.25) is 0 Å². The van der Waals surface area contributed by atoms with Crippen molar-refractivity contribution >= 4 is 0 Å². The summed E-state index contributed by atoms with van der Waals surface area (Å²) in [6, 6.07) is 11.0. The molecular formula is C18H25NO2. The maximum atomic E-state index is 9.92. The van der Waals surface area contributed by atoms with E-state index in [0.717, 1.165) is 24.8 Å². The Hall–Kier alpha value is -1.37. The van der Waals surface area contributed by atoms with Gasteiger partial charge in [-0.25, -0.2) is 0 Å². The molecule has 1 saturated heterocycles. The maximum Gasteiger partial charge on any atom is 0.0868 e. The van der Waals surface area contributed by atoms with E-state index in [-0.39, 0.29) is 0 Å². The lowest BCUT2D eigenvalue weighted by Gasteiger charge is -2.30. The fourth-order valence-corrected chi connectivity index (χ4v) is 2.96. The van der Waals surface area contributed by atoms with E-state index in [9.17, 15) is 5.26 Å². The number of nitriles is 1. The Balaban J connectivity index is 2.40. The van der Waals surface area contributed by atoms with E-state index in [4.69, 9.17) is 9.47 Å². The smallest absolute Gasteiger partial charge is 0.0868 e. The summed E-state index contributed by atoms with van der Waals surface area (Å²) < 4.78 is 11.2. The van der Waals surface area contributed by atoms with Gasteiger partial charge in [0.25, 0.3) is 0 Å². The van der Waals surface area contributed by atoms with Gasteiger partial charge in [0.2, 0.25) is 0 Å². The van der Waals surface area contributed by atoms with Gasteiger partial charge in [-0.15, -0.1) is 0 Å². The van der Waals surface area contributed by atoms with Crippen LogP contribution in [0, 0.1) is 11.3 Å². The molecule has 0 saturated carbocycles. The highest BCUT2D eigenvalue weighted by atomic mass is 16.5. The number of benzene rings is 1. The first-order chi connectivity index (χ1) is 10.2. The van der Waals surface area contributed by atoms with Crippen LogP contribution in [0.1, 0.15) is 50.2 Å². The van der Waals surface area contributed by atoms with Gasteiger partial charge in [-0.1, -0.05) is 38.1 Å². The molecule has 114 valence electrons. The van der Waals surface area contributed by atoms with E-state index in [1.54, 1.807) is 0 Å². The third kappa shape index (κ3) is 3.64. The first-order valence-electron chi connectivity index (χ1n) is 7.89. The summed E-state index contributed by atoms with van der Waals surface area (Å²) in [6.07, 6.45) is 2.55. The van der Waals surface area contributed by atoms with E-state index in [2.05, 4.69) is 38.1 Å². The molecule has 0 radical (unpaired) electrons. The van der Waals surface area contributed by atoms with E-state index in [0.29, 0.717) is 32.3 Å². The Kier molecular flexibility index (Phi) is 5.78. The molecular weight excluding hydrogens is 262 g/mol. The van der Waals surface area contributed by atoms with E-state index in [1.165, 1.54) is 5.56 Å². The van der Waals surface area contributed by atoms with Crippen molar-refractivity contribution in [3.63, 3.8) is 0 Å². The zero-order valence-corrected chi connectivity index (χ0v) is 13.1. The van der Waals surface area contributed by atoms with Crippen LogP contribution < -0.4 is 0 Å². The van der Waals surface area contributed by atoms with Crippen LogP contribution in [0.3, 0.4) is 0 Å². The molecule has 1 aliphatic heterocycles. The van der Waals surface area contributed by atoms with Gasteiger partial charge < -0.3 is 9.47 Å². The first-order valence-corrected chi connectivity index (χ1v) is 7.89. The van der Waals surface area contributed by atoms with Crippen molar-refractivity contribution in [3.05, 3.63) is 35.4 Å².